The van der Waals surface area contributed by atoms with Gasteiger partial charge in [-0.1, -0.05) is 17.7 Å². The molecule has 2 aliphatic rings. The molecule has 2 aromatic rings. The van der Waals surface area contributed by atoms with Crippen LogP contribution in [-0.4, -0.2) is 71.8 Å². The molecule has 11 heteroatoms. The molecule has 0 saturated carbocycles. The number of aliphatic imine (C=N–C) groups is 1. The molecule has 1 saturated heterocycles. The molecule has 0 aliphatic carbocycles. The number of esters is 1. The highest BCUT2D eigenvalue weighted by molar-refractivity contribution is 6.31. The molecule has 9 nitrogen and oxygen atoms in total. The zero-order chi connectivity index (χ0) is 21.1. The summed E-state index contributed by atoms with van der Waals surface area (Å²) >= 11 is 6.32. The molecular weight excluding hydrogens is 415 g/mol. The van der Waals surface area contributed by atoms with Crippen LogP contribution < -0.4 is 5.32 Å². The van der Waals surface area contributed by atoms with Gasteiger partial charge in [-0.05, 0) is 12.1 Å². The first kappa shape index (κ1) is 20.5. The number of carbonyl (C=O) groups excluding carboxylic acids is 1. The van der Waals surface area contributed by atoms with Gasteiger partial charge in [-0.2, -0.15) is 5.10 Å². The minimum absolute atomic E-state index is 0.162. The number of ether oxygens (including phenoxy) is 2. The number of aromatic nitrogens is 3. The summed E-state index contributed by atoms with van der Waals surface area (Å²) < 4.78 is 24.1. The normalized spacial score (nSPS) is 20.0. The summed E-state index contributed by atoms with van der Waals surface area (Å²) in [4.78, 5) is 23.7. The van der Waals surface area contributed by atoms with Crippen LogP contribution >= 0.6 is 11.6 Å². The van der Waals surface area contributed by atoms with Gasteiger partial charge in [-0.15, -0.1) is 0 Å². The van der Waals surface area contributed by atoms with Crippen molar-refractivity contribution in [3.63, 3.8) is 0 Å². The third-order valence-corrected chi connectivity index (χ3v) is 5.24. The molecule has 30 heavy (non-hydrogen) atoms. The van der Waals surface area contributed by atoms with E-state index in [1.807, 2.05) is 0 Å². The molecule has 1 fully saturated rings. The molecule has 1 atom stereocenters. The first-order chi connectivity index (χ1) is 14.6. The molecule has 0 amide bonds. The lowest BCUT2D eigenvalue weighted by Crippen LogP contribution is -2.43. The Bertz CT molecular complexity index is 988. The molecule has 2 aliphatic heterocycles. The van der Waals surface area contributed by atoms with Gasteiger partial charge in [-0.3, -0.25) is 15.0 Å². The monoisotopic (exact) mass is 434 g/mol. The van der Waals surface area contributed by atoms with Crippen LogP contribution in [0.2, 0.25) is 5.02 Å². The highest BCUT2D eigenvalue weighted by atomic mass is 35.5. The first-order valence-electron chi connectivity index (χ1n) is 9.33. The van der Waals surface area contributed by atoms with Crippen LogP contribution in [0.15, 0.2) is 40.8 Å². The topological polar surface area (TPSA) is 105 Å². The molecular formula is C19H20ClFN6O3. The fourth-order valence-corrected chi connectivity index (χ4v) is 3.71. The van der Waals surface area contributed by atoms with E-state index in [1.54, 1.807) is 0 Å². The van der Waals surface area contributed by atoms with E-state index in [1.165, 1.54) is 31.6 Å². The van der Waals surface area contributed by atoms with E-state index in [-0.39, 0.29) is 5.02 Å². The third-order valence-electron chi connectivity index (χ3n) is 4.91. The molecule has 158 valence electrons. The van der Waals surface area contributed by atoms with Gasteiger partial charge in [0.2, 0.25) is 0 Å². The number of H-pyrrole nitrogens is 1. The smallest absolute Gasteiger partial charge is 0.338 e. The van der Waals surface area contributed by atoms with Gasteiger partial charge in [0.05, 0.1) is 25.9 Å². The van der Waals surface area contributed by atoms with Gasteiger partial charge >= 0.3 is 5.97 Å². The summed E-state index contributed by atoms with van der Waals surface area (Å²) in [5.74, 6) is -0.221. The number of hydrogen-bond acceptors (Lipinski definition) is 8. The van der Waals surface area contributed by atoms with Crippen LogP contribution in [0.4, 0.5) is 4.39 Å². The number of rotatable bonds is 5. The summed E-state index contributed by atoms with van der Waals surface area (Å²) in [5.41, 5.74) is 1.40. The Balaban J connectivity index is 1.81. The van der Waals surface area contributed by atoms with Crippen molar-refractivity contribution < 1.29 is 18.7 Å². The fraction of sp³-hybridized carbons (Fsp3) is 0.368. The number of nitrogens with one attached hydrogen (secondary N) is 2. The quantitative estimate of drug-likeness (QED) is 0.686. The maximum Gasteiger partial charge on any atom is 0.338 e. The van der Waals surface area contributed by atoms with Crippen molar-refractivity contribution in [1.82, 2.24) is 25.4 Å². The number of aromatic amines is 1. The highest BCUT2D eigenvalue weighted by Crippen LogP contribution is 2.36. The minimum Gasteiger partial charge on any atom is -0.466 e. The van der Waals surface area contributed by atoms with Gasteiger partial charge in [0, 0.05) is 35.9 Å². The lowest BCUT2D eigenvalue weighted by atomic mass is 9.95. The number of morpholine rings is 1. The van der Waals surface area contributed by atoms with Crippen molar-refractivity contribution in [2.24, 2.45) is 4.99 Å². The van der Waals surface area contributed by atoms with Crippen LogP contribution in [0.25, 0.3) is 0 Å². The number of nitrogens with zero attached hydrogens (tertiary/aromatic N) is 4. The Morgan fingerprint density at radius 1 is 1.40 bits per heavy atom. The van der Waals surface area contributed by atoms with Crippen molar-refractivity contribution in [1.29, 1.82) is 0 Å². The summed E-state index contributed by atoms with van der Waals surface area (Å²) in [6.07, 6.45) is 1.36. The molecule has 0 radical (unpaired) electrons. The summed E-state index contributed by atoms with van der Waals surface area (Å²) in [6, 6.07) is 3.19. The minimum atomic E-state index is -0.803. The van der Waals surface area contributed by atoms with Crippen LogP contribution in [0.5, 0.6) is 0 Å². The maximum atomic E-state index is 13.6. The standard InChI is InChI=1S/C19H20ClFN6O3/c1-29-19(28)15-14(9-27-4-6-30-7-5-27)24-18(17-22-10-23-26-17)25-16(15)12-3-2-11(21)8-13(12)20/h2-3,8,10,16H,4-7,9H2,1H3,(H,24,25)(H,22,23,26). The Morgan fingerprint density at radius 3 is 2.87 bits per heavy atom. The van der Waals surface area contributed by atoms with Crippen LogP contribution in [0.1, 0.15) is 17.4 Å². The molecule has 1 unspecified atom stereocenters. The van der Waals surface area contributed by atoms with E-state index < -0.39 is 17.8 Å². The van der Waals surface area contributed by atoms with Crippen molar-refractivity contribution in [2.75, 3.05) is 40.0 Å². The number of carbonyl (C=O) groups is 1. The molecule has 0 bridgehead atoms. The maximum absolute atomic E-state index is 13.6. The van der Waals surface area contributed by atoms with Crippen molar-refractivity contribution >= 4 is 23.4 Å². The van der Waals surface area contributed by atoms with E-state index in [0.717, 1.165) is 13.1 Å². The van der Waals surface area contributed by atoms with Gasteiger partial charge < -0.3 is 14.8 Å². The number of hydrogen-bond donors (Lipinski definition) is 2. The second-order valence-electron chi connectivity index (χ2n) is 6.78. The molecule has 0 spiro atoms. The molecule has 4 rings (SSSR count). The van der Waals surface area contributed by atoms with Gasteiger partial charge in [0.15, 0.2) is 11.7 Å². The predicted octanol–water partition coefficient (Wildman–Crippen LogP) is 1.45. The zero-order valence-electron chi connectivity index (χ0n) is 16.2. The Morgan fingerprint density at radius 2 is 2.20 bits per heavy atom. The van der Waals surface area contributed by atoms with Gasteiger partial charge in [0.1, 0.15) is 18.2 Å². The SMILES string of the molecule is COC(=O)C1=C(CN2CCOCC2)NC(c2ncn[nH]2)=NC1c1ccc(F)cc1Cl. The highest BCUT2D eigenvalue weighted by Gasteiger charge is 2.34. The van der Waals surface area contributed by atoms with Crippen LogP contribution in [0, 0.1) is 5.82 Å². The molecule has 3 heterocycles. The Hall–Kier alpha value is -2.82. The Kier molecular flexibility index (Phi) is 6.07. The van der Waals surface area contributed by atoms with E-state index in [4.69, 9.17) is 21.1 Å². The van der Waals surface area contributed by atoms with Gasteiger partial charge in [0.25, 0.3) is 0 Å². The molecule has 1 aromatic carbocycles. The number of amidine groups is 1. The van der Waals surface area contributed by atoms with Crippen LogP contribution in [-0.2, 0) is 14.3 Å². The summed E-state index contributed by atoms with van der Waals surface area (Å²) in [6.45, 7) is 3.09. The fourth-order valence-electron chi connectivity index (χ4n) is 3.44. The number of benzene rings is 1. The summed E-state index contributed by atoms with van der Waals surface area (Å²) in [7, 11) is 1.31. The van der Waals surface area contributed by atoms with E-state index in [2.05, 4.69) is 30.4 Å². The predicted molar refractivity (Wildman–Crippen MR) is 107 cm³/mol. The average Bonchev–Trinajstić information content (AvgIpc) is 3.28. The second kappa shape index (κ2) is 8.90. The lowest BCUT2D eigenvalue weighted by molar-refractivity contribution is -0.136. The molecule has 2 N–H and O–H groups in total. The van der Waals surface area contributed by atoms with E-state index in [9.17, 15) is 9.18 Å². The molecule has 1 aromatic heterocycles. The lowest BCUT2D eigenvalue weighted by Gasteiger charge is -2.32. The zero-order valence-corrected chi connectivity index (χ0v) is 16.9. The second-order valence-corrected chi connectivity index (χ2v) is 7.18. The van der Waals surface area contributed by atoms with Crippen molar-refractivity contribution in [3.8, 4) is 0 Å². The van der Waals surface area contributed by atoms with Crippen molar-refractivity contribution in [2.45, 2.75) is 6.04 Å². The Labute approximate surface area is 176 Å². The largest absolute Gasteiger partial charge is 0.466 e. The van der Waals surface area contributed by atoms with E-state index >= 15 is 0 Å². The van der Waals surface area contributed by atoms with E-state index in [0.29, 0.717) is 48.3 Å². The average molecular weight is 435 g/mol. The van der Waals surface area contributed by atoms with Gasteiger partial charge in [-0.25, -0.2) is 14.2 Å². The number of halogens is 2. The number of methoxy groups -OCH3 is 1. The van der Waals surface area contributed by atoms with Crippen molar-refractivity contribution in [3.05, 3.63) is 58.0 Å². The third kappa shape index (κ3) is 4.20. The van der Waals surface area contributed by atoms with Crippen LogP contribution in [0.3, 0.4) is 0 Å². The summed E-state index contributed by atoms with van der Waals surface area (Å²) in [5, 5.41) is 9.99. The first-order valence-corrected chi connectivity index (χ1v) is 9.71.